The van der Waals surface area contributed by atoms with Crippen molar-refractivity contribution >= 4 is 17.3 Å². The van der Waals surface area contributed by atoms with Crippen LogP contribution in [0.4, 0.5) is 13.2 Å². The van der Waals surface area contributed by atoms with Crippen LogP contribution in [-0.2, 0) is 0 Å². The standard InChI is InChI=1S/C15H14ClF3N4/c1-9-5-13(11-6-12(16)8-20-7-11)21-14-3-4-22(23(9)14)10(2)15(17,18)19/h3,5-8,10H,4H2,1-2H3/t10-/m1/s1. The quantitative estimate of drug-likeness (QED) is 0.820. The fourth-order valence-corrected chi connectivity index (χ4v) is 2.74. The van der Waals surface area contributed by atoms with Crippen molar-refractivity contribution in [1.29, 1.82) is 0 Å². The van der Waals surface area contributed by atoms with Crippen LogP contribution in [0.25, 0.3) is 0 Å². The van der Waals surface area contributed by atoms with Gasteiger partial charge in [0, 0.05) is 30.2 Å². The van der Waals surface area contributed by atoms with Crippen LogP contribution >= 0.6 is 11.6 Å². The van der Waals surface area contributed by atoms with Crippen molar-refractivity contribution in [3.63, 3.8) is 0 Å². The zero-order valence-corrected chi connectivity index (χ0v) is 13.2. The number of hydrazine groups is 1. The lowest BCUT2D eigenvalue weighted by molar-refractivity contribution is -0.201. The van der Waals surface area contributed by atoms with E-state index in [0.717, 1.165) is 12.5 Å². The molecular formula is C15H14ClF3N4. The second kappa shape index (κ2) is 5.65. The van der Waals surface area contributed by atoms with Crippen molar-refractivity contribution in [1.82, 2.24) is 15.0 Å². The Balaban J connectivity index is 1.91. The molecule has 0 spiro atoms. The first kappa shape index (κ1) is 16.0. The maximum atomic E-state index is 13.0. The summed E-state index contributed by atoms with van der Waals surface area (Å²) in [6.45, 7) is 3.05. The number of alkyl halides is 3. The molecule has 0 radical (unpaired) electrons. The fraction of sp³-hybridized carbons (Fsp3) is 0.333. The van der Waals surface area contributed by atoms with Crippen LogP contribution in [0.15, 0.2) is 47.1 Å². The molecule has 0 N–H and O–H groups in total. The summed E-state index contributed by atoms with van der Waals surface area (Å²) in [6.07, 6.45) is 2.24. The van der Waals surface area contributed by atoms with Crippen molar-refractivity contribution in [2.45, 2.75) is 26.1 Å². The number of allylic oxidation sites excluding steroid dienone is 2. The number of hydrogen-bond acceptors (Lipinski definition) is 4. The van der Waals surface area contributed by atoms with E-state index in [9.17, 15) is 13.2 Å². The molecule has 0 saturated carbocycles. The fourth-order valence-electron chi connectivity index (χ4n) is 2.57. The van der Waals surface area contributed by atoms with E-state index < -0.39 is 12.2 Å². The predicted octanol–water partition coefficient (Wildman–Crippen LogP) is 3.77. The second-order valence-corrected chi connectivity index (χ2v) is 5.82. The molecule has 23 heavy (non-hydrogen) atoms. The molecule has 4 nitrogen and oxygen atoms in total. The van der Waals surface area contributed by atoms with Gasteiger partial charge in [-0.05, 0) is 32.1 Å². The van der Waals surface area contributed by atoms with Crippen LogP contribution in [0.5, 0.6) is 0 Å². The number of fused-ring (bicyclic) bond motifs is 1. The highest BCUT2D eigenvalue weighted by Gasteiger charge is 2.45. The minimum Gasteiger partial charge on any atom is -0.262 e. The Morgan fingerprint density at radius 2 is 2.04 bits per heavy atom. The van der Waals surface area contributed by atoms with Crippen LogP contribution in [0.3, 0.4) is 0 Å². The van der Waals surface area contributed by atoms with Crippen LogP contribution in [-0.4, -0.2) is 39.5 Å². The number of aliphatic imine (C=N–C) groups is 1. The molecule has 0 bridgehead atoms. The van der Waals surface area contributed by atoms with E-state index in [4.69, 9.17) is 11.6 Å². The van der Waals surface area contributed by atoms with Gasteiger partial charge in [-0.2, -0.15) is 18.2 Å². The Bertz CT molecular complexity index is 724. The van der Waals surface area contributed by atoms with Gasteiger partial charge in [0.05, 0.1) is 10.7 Å². The molecule has 0 fully saturated rings. The Hall–Kier alpha value is -1.86. The molecule has 0 aliphatic carbocycles. The van der Waals surface area contributed by atoms with Crippen LogP contribution < -0.4 is 0 Å². The van der Waals surface area contributed by atoms with Crippen LogP contribution in [0, 0.1) is 0 Å². The van der Waals surface area contributed by atoms with Crippen LogP contribution in [0.1, 0.15) is 19.4 Å². The Morgan fingerprint density at radius 1 is 1.30 bits per heavy atom. The number of nitrogens with zero attached hydrogens (tertiary/aromatic N) is 4. The number of halogens is 4. The molecule has 2 aliphatic heterocycles. The van der Waals surface area contributed by atoms with Gasteiger partial charge in [0.25, 0.3) is 0 Å². The molecule has 1 aromatic heterocycles. The summed E-state index contributed by atoms with van der Waals surface area (Å²) in [6, 6.07) is 0.127. The number of aromatic nitrogens is 1. The zero-order chi connectivity index (χ0) is 16.8. The monoisotopic (exact) mass is 342 g/mol. The topological polar surface area (TPSA) is 31.7 Å². The van der Waals surface area contributed by atoms with E-state index in [-0.39, 0.29) is 6.54 Å². The van der Waals surface area contributed by atoms with Crippen molar-refractivity contribution in [3.8, 4) is 0 Å². The van der Waals surface area contributed by atoms with Gasteiger partial charge in [0.15, 0.2) is 0 Å². The van der Waals surface area contributed by atoms with Gasteiger partial charge >= 0.3 is 6.18 Å². The summed E-state index contributed by atoms with van der Waals surface area (Å²) in [7, 11) is 0. The molecule has 0 unspecified atom stereocenters. The number of rotatable bonds is 2. The SMILES string of the molecule is CC1=CC(c2cncc(Cl)c2)=NC2=CCN([C@H](C)C(F)(F)F)N12. The highest BCUT2D eigenvalue weighted by Crippen LogP contribution is 2.34. The van der Waals surface area contributed by atoms with Gasteiger partial charge in [-0.3, -0.25) is 9.99 Å². The molecule has 3 heterocycles. The Kier molecular flexibility index (Phi) is 3.93. The molecule has 8 heteroatoms. The molecule has 0 saturated heterocycles. The minimum absolute atomic E-state index is 0.158. The summed E-state index contributed by atoms with van der Waals surface area (Å²) in [5, 5.41) is 3.23. The van der Waals surface area contributed by atoms with E-state index in [1.54, 1.807) is 31.3 Å². The molecule has 0 aromatic carbocycles. The first-order valence-electron chi connectivity index (χ1n) is 6.99. The third kappa shape index (κ3) is 2.98. The lowest BCUT2D eigenvalue weighted by Crippen LogP contribution is -2.49. The van der Waals surface area contributed by atoms with Crippen molar-refractivity contribution < 1.29 is 13.2 Å². The lowest BCUT2D eigenvalue weighted by atomic mass is 10.1. The molecule has 0 amide bonds. The average molecular weight is 343 g/mol. The predicted molar refractivity (Wildman–Crippen MR) is 81.7 cm³/mol. The first-order chi connectivity index (χ1) is 10.8. The van der Waals surface area contributed by atoms with Crippen LogP contribution in [0.2, 0.25) is 5.02 Å². The van der Waals surface area contributed by atoms with E-state index >= 15 is 0 Å². The van der Waals surface area contributed by atoms with E-state index in [0.29, 0.717) is 22.3 Å². The summed E-state index contributed by atoms with van der Waals surface area (Å²) in [5.41, 5.74) is 2.01. The maximum absolute atomic E-state index is 13.0. The lowest BCUT2D eigenvalue weighted by Gasteiger charge is -2.38. The van der Waals surface area contributed by atoms with Gasteiger partial charge in [0.1, 0.15) is 11.9 Å². The normalized spacial score (nSPS) is 19.9. The molecule has 122 valence electrons. The molecule has 1 atom stereocenters. The minimum atomic E-state index is -4.30. The number of pyridine rings is 1. The van der Waals surface area contributed by atoms with Gasteiger partial charge in [-0.25, -0.2) is 4.99 Å². The first-order valence-corrected chi connectivity index (χ1v) is 7.36. The van der Waals surface area contributed by atoms with Gasteiger partial charge < -0.3 is 0 Å². The molecular weight excluding hydrogens is 329 g/mol. The van der Waals surface area contributed by atoms with E-state index in [1.807, 2.05) is 0 Å². The van der Waals surface area contributed by atoms with Crippen molar-refractivity contribution in [2.24, 2.45) is 4.99 Å². The molecule has 1 aromatic rings. The van der Waals surface area contributed by atoms with Gasteiger partial charge in [-0.1, -0.05) is 11.6 Å². The highest BCUT2D eigenvalue weighted by atomic mass is 35.5. The highest BCUT2D eigenvalue weighted by molar-refractivity contribution is 6.31. The van der Waals surface area contributed by atoms with Gasteiger partial charge in [0.2, 0.25) is 0 Å². The number of hydrogen-bond donors (Lipinski definition) is 0. The summed E-state index contributed by atoms with van der Waals surface area (Å²) in [4.78, 5) is 8.45. The maximum Gasteiger partial charge on any atom is 0.405 e. The Morgan fingerprint density at radius 3 is 2.70 bits per heavy atom. The smallest absolute Gasteiger partial charge is 0.262 e. The van der Waals surface area contributed by atoms with Gasteiger partial charge in [-0.15, -0.1) is 0 Å². The summed E-state index contributed by atoms with van der Waals surface area (Å²) < 4.78 is 39.0. The van der Waals surface area contributed by atoms with E-state index in [1.165, 1.54) is 16.2 Å². The van der Waals surface area contributed by atoms with Crippen molar-refractivity contribution in [3.05, 3.63) is 52.7 Å². The average Bonchev–Trinajstić information content (AvgIpc) is 2.89. The molecule has 2 aliphatic rings. The Labute approximate surface area is 136 Å². The second-order valence-electron chi connectivity index (χ2n) is 5.39. The summed E-state index contributed by atoms with van der Waals surface area (Å²) in [5.74, 6) is 0.482. The zero-order valence-electron chi connectivity index (χ0n) is 12.5. The molecule has 3 rings (SSSR count). The largest absolute Gasteiger partial charge is 0.405 e. The third-order valence-electron chi connectivity index (χ3n) is 3.77. The third-order valence-corrected chi connectivity index (χ3v) is 3.98. The summed E-state index contributed by atoms with van der Waals surface area (Å²) >= 11 is 5.93. The van der Waals surface area contributed by atoms with E-state index in [2.05, 4.69) is 9.98 Å². The van der Waals surface area contributed by atoms with Crippen molar-refractivity contribution in [2.75, 3.05) is 6.54 Å².